The van der Waals surface area contributed by atoms with Gasteiger partial charge in [-0.25, -0.2) is 0 Å². The number of esters is 1. The Morgan fingerprint density at radius 2 is 1.86 bits per heavy atom. The molecule has 3 heteroatoms. The van der Waals surface area contributed by atoms with Crippen LogP contribution in [-0.2, 0) is 4.79 Å². The third-order valence-corrected chi connectivity index (χ3v) is 8.92. The van der Waals surface area contributed by atoms with Crippen LogP contribution < -0.4 is 4.74 Å². The predicted molar refractivity (Wildman–Crippen MR) is 59.0 cm³/mol. The molecule has 1 aromatic carbocycles. The molecule has 0 aromatic heterocycles. The van der Waals surface area contributed by atoms with Gasteiger partial charge in [0.15, 0.2) is 0 Å². The van der Waals surface area contributed by atoms with E-state index >= 15 is 0 Å². The van der Waals surface area contributed by atoms with Crippen molar-refractivity contribution in [2.24, 2.45) is 0 Å². The van der Waals surface area contributed by atoms with Crippen LogP contribution in [0.5, 0.6) is 5.75 Å². The SMILES string of the molecule is C[CH](C(=O)Oc1ccccc1)[Bi]([CH3])[CH3]. The van der Waals surface area contributed by atoms with Crippen molar-refractivity contribution in [3.05, 3.63) is 30.3 Å². The van der Waals surface area contributed by atoms with Crippen LogP contribution >= 0.6 is 0 Å². The average Bonchev–Trinajstić information content (AvgIpc) is 2.18. The van der Waals surface area contributed by atoms with E-state index < -0.39 is 21.8 Å². The normalized spacial score (nSPS) is 12.6. The van der Waals surface area contributed by atoms with Gasteiger partial charge in [0.1, 0.15) is 0 Å². The molecule has 0 fully saturated rings. The van der Waals surface area contributed by atoms with Crippen molar-refractivity contribution in [2.75, 3.05) is 0 Å². The quantitative estimate of drug-likeness (QED) is 0.452. The monoisotopic (exact) mass is 388 g/mol. The third-order valence-electron chi connectivity index (χ3n) is 2.08. The van der Waals surface area contributed by atoms with Crippen LogP contribution in [-0.4, -0.2) is 27.7 Å². The Bertz CT molecular complexity index is 295. The summed E-state index contributed by atoms with van der Waals surface area (Å²) in [4.78, 5) is 11.6. The van der Waals surface area contributed by atoms with Gasteiger partial charge >= 0.3 is 93.1 Å². The summed E-state index contributed by atoms with van der Waals surface area (Å²) in [6, 6.07) is 9.25. The van der Waals surface area contributed by atoms with Crippen LogP contribution in [0.2, 0.25) is 12.9 Å². The Balaban J connectivity index is 2.58. The second kappa shape index (κ2) is 5.45. The van der Waals surface area contributed by atoms with Crippen LogP contribution in [0.3, 0.4) is 0 Å². The van der Waals surface area contributed by atoms with E-state index in [-0.39, 0.29) is 9.60 Å². The molecule has 14 heavy (non-hydrogen) atoms. The summed E-state index contributed by atoms with van der Waals surface area (Å²) in [5.74, 6) is 0.578. The van der Waals surface area contributed by atoms with Gasteiger partial charge in [0.05, 0.1) is 0 Å². The number of para-hydroxylation sites is 1. The number of ether oxygens (including phenoxy) is 1. The zero-order valence-corrected chi connectivity index (χ0v) is 12.2. The number of hydrogen-bond donors (Lipinski definition) is 0. The van der Waals surface area contributed by atoms with Gasteiger partial charge in [-0.15, -0.1) is 0 Å². The van der Waals surface area contributed by atoms with E-state index in [0.29, 0.717) is 5.75 Å². The summed E-state index contributed by atoms with van der Waals surface area (Å²) in [5.41, 5.74) is 0. The molecule has 0 aliphatic heterocycles. The van der Waals surface area contributed by atoms with E-state index in [9.17, 15) is 4.79 Å². The Hall–Kier alpha value is -0.427. The molecule has 0 heterocycles. The number of hydrogen-bond acceptors (Lipinski definition) is 2. The molecule has 0 saturated carbocycles. The Labute approximate surface area is 93.0 Å². The first-order chi connectivity index (χ1) is 6.61. The van der Waals surface area contributed by atoms with Crippen molar-refractivity contribution in [3.8, 4) is 5.75 Å². The van der Waals surface area contributed by atoms with Crippen LogP contribution in [0.4, 0.5) is 0 Å². The van der Waals surface area contributed by atoms with Gasteiger partial charge in [0, 0.05) is 0 Å². The van der Waals surface area contributed by atoms with Crippen molar-refractivity contribution >= 4 is 27.7 Å². The first-order valence-corrected chi connectivity index (χ1v) is 13.5. The number of benzene rings is 1. The molecule has 0 aliphatic carbocycles. The van der Waals surface area contributed by atoms with Crippen LogP contribution in [0, 0.1) is 0 Å². The van der Waals surface area contributed by atoms with Gasteiger partial charge < -0.3 is 0 Å². The molecule has 2 nitrogen and oxygen atoms in total. The van der Waals surface area contributed by atoms with Gasteiger partial charge in [-0.1, -0.05) is 0 Å². The summed E-state index contributed by atoms with van der Waals surface area (Å²) in [5, 5.41) is 0. The minimum atomic E-state index is -1.52. The van der Waals surface area contributed by atoms with Crippen molar-refractivity contribution < 1.29 is 9.53 Å². The molecule has 0 bridgehead atoms. The second-order valence-corrected chi connectivity index (χ2v) is 13.9. The average molecular weight is 388 g/mol. The third kappa shape index (κ3) is 3.38. The first kappa shape index (κ1) is 11.6. The Morgan fingerprint density at radius 3 is 2.36 bits per heavy atom. The molecule has 1 unspecified atom stereocenters. The van der Waals surface area contributed by atoms with E-state index in [1.54, 1.807) is 12.1 Å². The Kier molecular flexibility index (Phi) is 4.54. The molecule has 0 N–H and O–H groups in total. The van der Waals surface area contributed by atoms with Gasteiger partial charge in [-0.05, 0) is 0 Å². The molecule has 0 aliphatic rings. The van der Waals surface area contributed by atoms with Crippen molar-refractivity contribution in [2.45, 2.75) is 19.8 Å². The van der Waals surface area contributed by atoms with E-state index in [0.717, 1.165) is 0 Å². The molecule has 76 valence electrons. The summed E-state index contributed by atoms with van der Waals surface area (Å²) in [6.45, 7) is 1.98. The zero-order valence-electron chi connectivity index (χ0n) is 8.73. The zero-order chi connectivity index (χ0) is 10.6. The van der Waals surface area contributed by atoms with Crippen molar-refractivity contribution in [3.63, 3.8) is 0 Å². The van der Waals surface area contributed by atoms with Crippen LogP contribution in [0.15, 0.2) is 30.3 Å². The second-order valence-electron chi connectivity index (χ2n) is 3.37. The fourth-order valence-corrected chi connectivity index (χ4v) is 2.74. The molecule has 1 aromatic rings. The van der Waals surface area contributed by atoms with Gasteiger partial charge in [-0.2, -0.15) is 0 Å². The van der Waals surface area contributed by atoms with E-state index in [1.165, 1.54) is 0 Å². The number of rotatable bonds is 3. The molecular formula is C11H15BiO2. The van der Waals surface area contributed by atoms with Crippen molar-refractivity contribution in [1.29, 1.82) is 0 Å². The Morgan fingerprint density at radius 1 is 1.29 bits per heavy atom. The summed E-state index contributed by atoms with van der Waals surface area (Å²) < 4.78 is 9.82. The molecule has 0 spiro atoms. The van der Waals surface area contributed by atoms with E-state index in [1.807, 2.05) is 25.1 Å². The molecule has 0 saturated heterocycles. The summed E-state index contributed by atoms with van der Waals surface area (Å²) >= 11 is -1.52. The fraction of sp³-hybridized carbons (Fsp3) is 0.364. The molecule has 1 atom stereocenters. The minimum absolute atomic E-state index is 0.0704. The molecule has 1 rings (SSSR count). The summed E-state index contributed by atoms with van der Waals surface area (Å²) in [6.07, 6.45) is 0. The summed E-state index contributed by atoms with van der Waals surface area (Å²) in [7, 11) is 0. The van der Waals surface area contributed by atoms with E-state index in [4.69, 9.17) is 4.74 Å². The predicted octanol–water partition coefficient (Wildman–Crippen LogP) is 2.74. The molecular weight excluding hydrogens is 373 g/mol. The number of carbonyl (C=O) groups is 1. The molecule has 0 amide bonds. The maximum atomic E-state index is 11.6. The van der Waals surface area contributed by atoms with Gasteiger partial charge in [-0.3, -0.25) is 0 Å². The fourth-order valence-electron chi connectivity index (χ4n) is 0.901. The molecule has 0 radical (unpaired) electrons. The maximum absolute atomic E-state index is 11.6. The standard InChI is InChI=1S/C9H9O2.2CH3.Bi/c1-2-9(10)11-8-6-4-3-5-7-8;;;/h2-7H,1H3;2*1H3;. The van der Waals surface area contributed by atoms with Crippen molar-refractivity contribution in [1.82, 2.24) is 0 Å². The number of carbonyl (C=O) groups excluding carboxylic acids is 1. The van der Waals surface area contributed by atoms with E-state index in [2.05, 4.69) is 9.26 Å². The van der Waals surface area contributed by atoms with Gasteiger partial charge in [0.2, 0.25) is 0 Å². The topological polar surface area (TPSA) is 26.3 Å². The van der Waals surface area contributed by atoms with Crippen LogP contribution in [0.25, 0.3) is 0 Å². The van der Waals surface area contributed by atoms with Gasteiger partial charge in [0.25, 0.3) is 0 Å². The van der Waals surface area contributed by atoms with Crippen LogP contribution in [0.1, 0.15) is 6.92 Å². The first-order valence-electron chi connectivity index (χ1n) is 4.54.